The molecule has 1 N–H and O–H groups in total. The number of nitrogens with one attached hydrogen (secondary N) is 1. The molecule has 2 atom stereocenters. The molecule has 9 nitrogen and oxygen atoms in total. The summed E-state index contributed by atoms with van der Waals surface area (Å²) in [6, 6.07) is 9.40. The Balaban J connectivity index is 2.03. The van der Waals surface area contributed by atoms with E-state index in [1.54, 1.807) is 6.92 Å². The van der Waals surface area contributed by atoms with E-state index in [9.17, 15) is 14.4 Å². The smallest absolute Gasteiger partial charge is 0.408 e. The average Bonchev–Trinajstić information content (AvgIpc) is 2.85. The van der Waals surface area contributed by atoms with E-state index in [1.165, 1.54) is 4.57 Å². The number of esters is 1. The van der Waals surface area contributed by atoms with Crippen LogP contribution in [0.1, 0.15) is 81.7 Å². The van der Waals surface area contributed by atoms with Crippen molar-refractivity contribution in [2.75, 3.05) is 13.2 Å². The van der Waals surface area contributed by atoms with Gasteiger partial charge >= 0.3 is 12.1 Å². The molecule has 36 heavy (non-hydrogen) atoms. The molecule has 2 aromatic rings. The number of ether oxygens (including phenoxy) is 3. The lowest BCUT2D eigenvalue weighted by atomic mass is 9.80. The number of carbonyl (C=O) groups is 2. The molecule has 0 radical (unpaired) electrons. The maximum Gasteiger partial charge on any atom is 0.408 e. The fraction of sp³-hybridized carbons (Fsp3) is 0.556. The lowest BCUT2D eigenvalue weighted by Gasteiger charge is -2.41. The molecular weight excluding hydrogens is 462 g/mol. The van der Waals surface area contributed by atoms with Gasteiger partial charge in [0.2, 0.25) is 5.75 Å². The molecule has 0 saturated heterocycles. The maximum absolute atomic E-state index is 13.6. The highest BCUT2D eigenvalue weighted by atomic mass is 16.5. The number of unbranched alkanes of at least 4 members (excludes halogenated alkanes) is 1. The van der Waals surface area contributed by atoms with Crippen LogP contribution in [0.3, 0.4) is 0 Å². The number of carbonyl (C=O) groups excluding carboxylic acids is 2. The summed E-state index contributed by atoms with van der Waals surface area (Å²) in [6.07, 6.45) is 2.77. The first-order valence-electron chi connectivity index (χ1n) is 12.8. The van der Waals surface area contributed by atoms with Crippen LogP contribution in [0.4, 0.5) is 4.79 Å². The molecule has 0 fully saturated rings. The van der Waals surface area contributed by atoms with Gasteiger partial charge in [0.25, 0.3) is 5.56 Å². The van der Waals surface area contributed by atoms with E-state index in [0.29, 0.717) is 38.2 Å². The fourth-order valence-corrected chi connectivity index (χ4v) is 4.69. The molecule has 2 unspecified atom stereocenters. The van der Waals surface area contributed by atoms with E-state index < -0.39 is 23.2 Å². The van der Waals surface area contributed by atoms with Gasteiger partial charge in [-0.1, -0.05) is 63.9 Å². The summed E-state index contributed by atoms with van der Waals surface area (Å²) in [4.78, 5) is 44.1. The summed E-state index contributed by atoms with van der Waals surface area (Å²) in [6.45, 7) is 8.66. The molecule has 0 bridgehead atoms. The molecule has 0 spiro atoms. The summed E-state index contributed by atoms with van der Waals surface area (Å²) < 4.78 is 18.0. The molecule has 196 valence electrons. The normalized spacial score (nSPS) is 18.7. The fourth-order valence-electron chi connectivity index (χ4n) is 4.69. The maximum atomic E-state index is 13.6. The van der Waals surface area contributed by atoms with Crippen molar-refractivity contribution in [3.8, 4) is 5.75 Å². The Hall–Kier alpha value is -3.36. The van der Waals surface area contributed by atoms with Crippen LogP contribution in [0.25, 0.3) is 0 Å². The molecule has 2 heterocycles. The number of nitrogens with zero attached hydrogens (tertiary/aromatic N) is 2. The van der Waals surface area contributed by atoms with Crippen LogP contribution >= 0.6 is 0 Å². The van der Waals surface area contributed by atoms with E-state index in [1.807, 2.05) is 51.1 Å². The van der Waals surface area contributed by atoms with Crippen molar-refractivity contribution in [2.45, 2.75) is 78.5 Å². The Labute approximate surface area is 212 Å². The number of amides is 1. The van der Waals surface area contributed by atoms with Gasteiger partial charge in [0.1, 0.15) is 18.0 Å². The van der Waals surface area contributed by atoms with E-state index >= 15 is 0 Å². The third-order valence-electron chi connectivity index (χ3n) is 6.19. The molecule has 3 rings (SSSR count). The minimum Gasteiger partial charge on any atom is -0.486 e. The number of benzene rings is 1. The van der Waals surface area contributed by atoms with Gasteiger partial charge in [-0.25, -0.2) is 14.6 Å². The van der Waals surface area contributed by atoms with E-state index in [-0.39, 0.29) is 30.6 Å². The summed E-state index contributed by atoms with van der Waals surface area (Å²) in [5, 5.41) is 3.01. The first-order valence-corrected chi connectivity index (χ1v) is 12.8. The van der Waals surface area contributed by atoms with Crippen molar-refractivity contribution in [3.05, 3.63) is 57.8 Å². The summed E-state index contributed by atoms with van der Waals surface area (Å²) >= 11 is 0. The van der Waals surface area contributed by atoms with Crippen molar-refractivity contribution < 1.29 is 23.8 Å². The standard InChI is InChI=1S/C27H37N3O6/c1-5-8-15-35-22-21(24(32)34-7-3)28-25-27(14-6-2,16-19(4)17-30(25)23(22)31)29-26(33)36-18-20-12-10-9-11-13-20/h9-13,19H,5-8,14-18H2,1-4H3,(H,29,33). The van der Waals surface area contributed by atoms with Crippen molar-refractivity contribution >= 4 is 12.1 Å². The highest BCUT2D eigenvalue weighted by molar-refractivity contribution is 5.90. The van der Waals surface area contributed by atoms with Gasteiger partial charge in [-0.15, -0.1) is 0 Å². The van der Waals surface area contributed by atoms with Gasteiger partial charge < -0.3 is 19.5 Å². The zero-order chi connectivity index (χ0) is 26.1. The van der Waals surface area contributed by atoms with E-state index in [2.05, 4.69) is 10.3 Å². The Morgan fingerprint density at radius 3 is 2.56 bits per heavy atom. The molecule has 1 aliphatic rings. The Kier molecular flexibility index (Phi) is 9.50. The minimum absolute atomic E-state index is 0.0647. The highest BCUT2D eigenvalue weighted by Gasteiger charge is 2.44. The van der Waals surface area contributed by atoms with Crippen LogP contribution in [-0.2, 0) is 28.2 Å². The largest absolute Gasteiger partial charge is 0.486 e. The van der Waals surface area contributed by atoms with Crippen LogP contribution in [-0.4, -0.2) is 34.8 Å². The Bertz CT molecular complexity index is 1100. The third-order valence-corrected chi connectivity index (χ3v) is 6.19. The molecule has 9 heteroatoms. The lowest BCUT2D eigenvalue weighted by Crippen LogP contribution is -2.54. The van der Waals surface area contributed by atoms with Crippen LogP contribution in [0.5, 0.6) is 5.75 Å². The molecule has 1 amide bonds. The van der Waals surface area contributed by atoms with E-state index in [0.717, 1.165) is 18.4 Å². The van der Waals surface area contributed by atoms with Gasteiger partial charge in [-0.05, 0) is 37.7 Å². The first kappa shape index (κ1) is 27.2. The molecule has 1 aromatic heterocycles. The van der Waals surface area contributed by atoms with Crippen LogP contribution < -0.4 is 15.6 Å². The van der Waals surface area contributed by atoms with Gasteiger partial charge in [-0.3, -0.25) is 9.36 Å². The SMILES string of the molecule is CCCCOc1c(C(=O)OCC)nc2n(c1=O)CC(C)CC2(CCC)NC(=O)OCc1ccccc1. The summed E-state index contributed by atoms with van der Waals surface area (Å²) in [5.41, 5.74) is -0.713. The minimum atomic E-state index is -0.984. The number of hydrogen-bond acceptors (Lipinski definition) is 7. The first-order chi connectivity index (χ1) is 17.3. The van der Waals surface area contributed by atoms with Crippen LogP contribution in [0, 0.1) is 5.92 Å². The Morgan fingerprint density at radius 1 is 1.14 bits per heavy atom. The summed E-state index contributed by atoms with van der Waals surface area (Å²) in [7, 11) is 0. The Morgan fingerprint density at radius 2 is 1.89 bits per heavy atom. The van der Waals surface area contributed by atoms with Crippen molar-refractivity contribution in [1.82, 2.24) is 14.9 Å². The van der Waals surface area contributed by atoms with Crippen LogP contribution in [0.15, 0.2) is 35.1 Å². The van der Waals surface area contributed by atoms with Gasteiger partial charge in [0.05, 0.1) is 13.2 Å². The predicted molar refractivity (Wildman–Crippen MR) is 135 cm³/mol. The second-order valence-electron chi connectivity index (χ2n) is 9.28. The van der Waals surface area contributed by atoms with Crippen LogP contribution in [0.2, 0.25) is 0 Å². The van der Waals surface area contributed by atoms with Gasteiger partial charge in [0, 0.05) is 6.54 Å². The zero-order valence-corrected chi connectivity index (χ0v) is 21.7. The second kappa shape index (κ2) is 12.6. The third kappa shape index (κ3) is 6.25. The molecule has 0 aliphatic carbocycles. The van der Waals surface area contributed by atoms with Gasteiger partial charge in [-0.2, -0.15) is 0 Å². The summed E-state index contributed by atoms with van der Waals surface area (Å²) in [5.74, 6) is -0.429. The number of fused-ring (bicyclic) bond motifs is 1. The quantitative estimate of drug-likeness (QED) is 0.357. The number of rotatable bonds is 11. The lowest BCUT2D eigenvalue weighted by molar-refractivity contribution is 0.0509. The van der Waals surface area contributed by atoms with Gasteiger partial charge in [0.15, 0.2) is 5.69 Å². The topological polar surface area (TPSA) is 109 Å². The zero-order valence-electron chi connectivity index (χ0n) is 21.7. The average molecular weight is 500 g/mol. The molecule has 1 aliphatic heterocycles. The van der Waals surface area contributed by atoms with Crippen molar-refractivity contribution in [1.29, 1.82) is 0 Å². The second-order valence-corrected chi connectivity index (χ2v) is 9.28. The molecular formula is C27H37N3O6. The van der Waals surface area contributed by atoms with Crippen molar-refractivity contribution in [2.24, 2.45) is 5.92 Å². The number of hydrogen-bond donors (Lipinski definition) is 1. The monoisotopic (exact) mass is 499 g/mol. The number of alkyl carbamates (subject to hydrolysis) is 1. The van der Waals surface area contributed by atoms with E-state index in [4.69, 9.17) is 14.2 Å². The number of aromatic nitrogens is 2. The predicted octanol–water partition coefficient (Wildman–Crippen LogP) is 4.56. The van der Waals surface area contributed by atoms with Crippen molar-refractivity contribution in [3.63, 3.8) is 0 Å². The molecule has 1 aromatic carbocycles. The highest BCUT2D eigenvalue weighted by Crippen LogP contribution is 2.37. The molecule has 0 saturated carbocycles.